The van der Waals surface area contributed by atoms with Crippen LogP contribution in [0.4, 0.5) is 4.39 Å². The van der Waals surface area contributed by atoms with Crippen molar-refractivity contribution in [1.82, 2.24) is 9.80 Å². The van der Waals surface area contributed by atoms with E-state index in [2.05, 4.69) is 0 Å². The van der Waals surface area contributed by atoms with Gasteiger partial charge < -0.3 is 14.5 Å². The Bertz CT molecular complexity index is 942. The highest BCUT2D eigenvalue weighted by molar-refractivity contribution is 7.10. The predicted octanol–water partition coefficient (Wildman–Crippen LogP) is 4.43. The second kappa shape index (κ2) is 9.39. The fourth-order valence-electron chi connectivity index (χ4n) is 4.08. The van der Waals surface area contributed by atoms with E-state index in [9.17, 15) is 14.0 Å². The Morgan fingerprint density at radius 3 is 2.84 bits per heavy atom. The molecule has 1 aromatic heterocycles. The third-order valence-corrected chi connectivity index (χ3v) is 7.25. The molecule has 5 nitrogen and oxygen atoms in total. The van der Waals surface area contributed by atoms with Crippen molar-refractivity contribution in [3.8, 4) is 5.75 Å². The summed E-state index contributed by atoms with van der Waals surface area (Å²) in [7, 11) is 0. The molecule has 1 aliphatic heterocycles. The first-order valence-corrected chi connectivity index (χ1v) is 11.9. The lowest BCUT2D eigenvalue weighted by atomic mass is 10.00. The first kappa shape index (κ1) is 21.8. The Morgan fingerprint density at radius 1 is 1.32 bits per heavy atom. The number of hydrogen-bond acceptors (Lipinski definition) is 4. The van der Waals surface area contributed by atoms with E-state index in [1.54, 1.807) is 28.4 Å². The van der Waals surface area contributed by atoms with Gasteiger partial charge in [-0.05, 0) is 61.7 Å². The molecule has 4 rings (SSSR count). The van der Waals surface area contributed by atoms with E-state index in [1.165, 1.54) is 17.0 Å². The van der Waals surface area contributed by atoms with Gasteiger partial charge in [0.25, 0.3) is 0 Å². The molecule has 2 aromatic rings. The van der Waals surface area contributed by atoms with Crippen LogP contribution in [-0.2, 0) is 16.0 Å². The van der Waals surface area contributed by atoms with Gasteiger partial charge in [-0.25, -0.2) is 4.39 Å². The molecule has 166 valence electrons. The molecule has 0 saturated heterocycles. The molecule has 0 spiro atoms. The van der Waals surface area contributed by atoms with Gasteiger partial charge in [0, 0.05) is 29.4 Å². The van der Waals surface area contributed by atoms with Gasteiger partial charge in [-0.3, -0.25) is 9.59 Å². The summed E-state index contributed by atoms with van der Waals surface area (Å²) in [5, 5.41) is 2.04. The van der Waals surface area contributed by atoms with Crippen LogP contribution in [0.1, 0.15) is 49.6 Å². The monoisotopic (exact) mass is 444 g/mol. The lowest BCUT2D eigenvalue weighted by Gasteiger charge is -2.38. The first-order valence-electron chi connectivity index (χ1n) is 11.0. The number of carbonyl (C=O) groups is 2. The average molecular weight is 445 g/mol. The molecule has 2 heterocycles. The highest BCUT2D eigenvalue weighted by Gasteiger charge is 2.38. The molecule has 1 saturated carbocycles. The van der Waals surface area contributed by atoms with Crippen molar-refractivity contribution >= 4 is 23.2 Å². The molecule has 2 amide bonds. The second-order valence-electron chi connectivity index (χ2n) is 8.42. The minimum absolute atomic E-state index is 0.0283. The van der Waals surface area contributed by atoms with E-state index in [-0.39, 0.29) is 48.8 Å². The Morgan fingerprint density at radius 2 is 2.13 bits per heavy atom. The van der Waals surface area contributed by atoms with Gasteiger partial charge in [-0.15, -0.1) is 11.3 Å². The van der Waals surface area contributed by atoms with Crippen LogP contribution in [0, 0.1) is 11.7 Å². The van der Waals surface area contributed by atoms with Gasteiger partial charge in [0.05, 0.1) is 6.04 Å². The third-order valence-electron chi connectivity index (χ3n) is 6.26. The average Bonchev–Trinajstić information content (AvgIpc) is 3.51. The smallest absolute Gasteiger partial charge is 0.242 e. The van der Waals surface area contributed by atoms with Crippen LogP contribution in [0.2, 0.25) is 0 Å². The molecule has 7 heteroatoms. The number of rotatable bonds is 8. The van der Waals surface area contributed by atoms with Gasteiger partial charge in [-0.2, -0.15) is 0 Å². The summed E-state index contributed by atoms with van der Waals surface area (Å²) in [6.45, 7) is 4.98. The highest BCUT2D eigenvalue weighted by Crippen LogP contribution is 2.35. The van der Waals surface area contributed by atoms with E-state index >= 15 is 0 Å². The minimum Gasteiger partial charge on any atom is -0.491 e. The van der Waals surface area contributed by atoms with Crippen molar-refractivity contribution < 1.29 is 18.7 Å². The third kappa shape index (κ3) is 4.92. The summed E-state index contributed by atoms with van der Waals surface area (Å²) in [5.41, 5.74) is 1.09. The Balaban J connectivity index is 1.51. The summed E-state index contributed by atoms with van der Waals surface area (Å²) in [5.74, 6) is 0.217. The molecule has 31 heavy (non-hydrogen) atoms. The molecule has 0 radical (unpaired) electrons. The van der Waals surface area contributed by atoms with E-state index < -0.39 is 0 Å². The first-order chi connectivity index (χ1) is 15.0. The molecular weight excluding hydrogens is 415 g/mol. The van der Waals surface area contributed by atoms with Gasteiger partial charge in [0.2, 0.25) is 11.8 Å². The SMILES string of the molecule is CC[C@@H](C)N(CC(=O)N1CCc2sccc2[C@@H]1COc1cccc(F)c1)C(=O)C1CC1. The fourth-order valence-corrected chi connectivity index (χ4v) is 5.01. The lowest BCUT2D eigenvalue weighted by Crippen LogP contribution is -2.50. The molecule has 2 aliphatic rings. The lowest BCUT2D eigenvalue weighted by molar-refractivity contribution is -0.145. The van der Waals surface area contributed by atoms with E-state index in [0.29, 0.717) is 12.3 Å². The van der Waals surface area contributed by atoms with Gasteiger partial charge in [0.1, 0.15) is 24.7 Å². The van der Waals surface area contributed by atoms with Crippen LogP contribution in [-0.4, -0.2) is 47.4 Å². The summed E-state index contributed by atoms with van der Waals surface area (Å²) in [6.07, 6.45) is 3.46. The zero-order valence-corrected chi connectivity index (χ0v) is 18.9. The zero-order valence-electron chi connectivity index (χ0n) is 18.1. The van der Waals surface area contributed by atoms with Crippen LogP contribution in [0.5, 0.6) is 5.75 Å². The van der Waals surface area contributed by atoms with Crippen molar-refractivity contribution in [3.05, 3.63) is 52.0 Å². The number of amides is 2. The van der Waals surface area contributed by atoms with Crippen LogP contribution < -0.4 is 4.74 Å². The van der Waals surface area contributed by atoms with Crippen molar-refractivity contribution in [2.45, 2.75) is 51.6 Å². The molecular formula is C24H29FN2O3S. The normalized spacial score (nSPS) is 18.9. The zero-order chi connectivity index (χ0) is 22.0. The molecule has 1 aliphatic carbocycles. The van der Waals surface area contributed by atoms with E-state index in [0.717, 1.165) is 31.2 Å². The number of hydrogen-bond donors (Lipinski definition) is 0. The van der Waals surface area contributed by atoms with Crippen molar-refractivity contribution in [1.29, 1.82) is 0 Å². The predicted molar refractivity (Wildman–Crippen MR) is 119 cm³/mol. The number of carbonyl (C=O) groups excluding carboxylic acids is 2. The van der Waals surface area contributed by atoms with Crippen molar-refractivity contribution in [3.63, 3.8) is 0 Å². The maximum Gasteiger partial charge on any atom is 0.242 e. The number of halogens is 1. The van der Waals surface area contributed by atoms with Crippen molar-refractivity contribution in [2.24, 2.45) is 5.92 Å². The minimum atomic E-state index is -0.354. The molecule has 2 atom stereocenters. The molecule has 0 unspecified atom stereocenters. The topological polar surface area (TPSA) is 49.9 Å². The number of nitrogens with zero attached hydrogens (tertiary/aromatic N) is 2. The van der Waals surface area contributed by atoms with Crippen LogP contribution in [0.15, 0.2) is 35.7 Å². The van der Waals surface area contributed by atoms with Crippen molar-refractivity contribution in [2.75, 3.05) is 19.7 Å². The van der Waals surface area contributed by atoms with Crippen LogP contribution in [0.3, 0.4) is 0 Å². The van der Waals surface area contributed by atoms with Crippen LogP contribution >= 0.6 is 11.3 Å². The van der Waals surface area contributed by atoms with Crippen LogP contribution in [0.25, 0.3) is 0 Å². The number of thiophene rings is 1. The van der Waals surface area contributed by atoms with Gasteiger partial charge in [0.15, 0.2) is 0 Å². The largest absolute Gasteiger partial charge is 0.491 e. The Labute approximate surface area is 186 Å². The quantitative estimate of drug-likeness (QED) is 0.605. The Hall–Kier alpha value is -2.41. The molecule has 0 bridgehead atoms. The second-order valence-corrected chi connectivity index (χ2v) is 9.42. The summed E-state index contributed by atoms with van der Waals surface area (Å²) < 4.78 is 19.4. The standard InChI is InChI=1S/C24H29FN2O3S/c1-3-16(2)27(24(29)17-7-8-17)14-23(28)26-11-9-22-20(10-12-31-22)21(26)15-30-19-6-4-5-18(25)13-19/h4-6,10,12-13,16-17,21H,3,7-9,11,14-15H2,1-2H3/t16-,21+/m1/s1. The molecule has 1 aromatic carbocycles. The number of benzene rings is 1. The highest BCUT2D eigenvalue weighted by atomic mass is 32.1. The Kier molecular flexibility index (Phi) is 6.60. The summed E-state index contributed by atoms with van der Waals surface area (Å²) in [6, 6.07) is 7.87. The fraction of sp³-hybridized carbons (Fsp3) is 0.500. The maximum atomic E-state index is 13.5. The number of fused-ring (bicyclic) bond motifs is 1. The molecule has 1 fully saturated rings. The van der Waals surface area contributed by atoms with E-state index in [4.69, 9.17) is 4.74 Å². The van der Waals surface area contributed by atoms with Gasteiger partial charge in [-0.1, -0.05) is 13.0 Å². The molecule has 0 N–H and O–H groups in total. The van der Waals surface area contributed by atoms with E-state index in [1.807, 2.05) is 30.2 Å². The summed E-state index contributed by atoms with van der Waals surface area (Å²) in [4.78, 5) is 31.1. The summed E-state index contributed by atoms with van der Waals surface area (Å²) >= 11 is 1.69. The number of ether oxygens (including phenoxy) is 1. The van der Waals surface area contributed by atoms with Gasteiger partial charge >= 0.3 is 0 Å². The maximum absolute atomic E-state index is 13.5.